The van der Waals surface area contributed by atoms with Crippen LogP contribution in [0.5, 0.6) is 0 Å². The van der Waals surface area contributed by atoms with Crippen molar-refractivity contribution in [2.75, 3.05) is 0 Å². The molecule has 0 unspecified atom stereocenters. The molecule has 0 saturated heterocycles. The lowest BCUT2D eigenvalue weighted by Gasteiger charge is -2.10. The Labute approximate surface area is 91.9 Å². The molecule has 76 valence electrons. The van der Waals surface area contributed by atoms with E-state index in [9.17, 15) is 4.39 Å². The van der Waals surface area contributed by atoms with E-state index in [1.807, 2.05) is 19.9 Å². The summed E-state index contributed by atoms with van der Waals surface area (Å²) in [4.78, 5) is 4.18. The van der Waals surface area contributed by atoms with Gasteiger partial charge in [0.05, 0.1) is 5.69 Å². The standard InChI is InChI=1S/C11H13BrFN/c1-6(2)11-10(13)8(7-3-4-7)5-9(12)14-11/h5-7H,3-4H2,1-2H3. The van der Waals surface area contributed by atoms with Gasteiger partial charge < -0.3 is 0 Å². The van der Waals surface area contributed by atoms with E-state index in [-0.39, 0.29) is 11.7 Å². The highest BCUT2D eigenvalue weighted by molar-refractivity contribution is 9.10. The number of nitrogens with zero attached hydrogens (tertiary/aromatic N) is 1. The first-order chi connectivity index (χ1) is 6.59. The molecule has 1 aromatic rings. The number of hydrogen-bond donors (Lipinski definition) is 0. The van der Waals surface area contributed by atoms with Crippen molar-refractivity contribution < 1.29 is 4.39 Å². The minimum absolute atomic E-state index is 0.0919. The van der Waals surface area contributed by atoms with Crippen molar-refractivity contribution in [1.82, 2.24) is 4.98 Å². The summed E-state index contributed by atoms with van der Waals surface area (Å²) < 4.78 is 14.7. The summed E-state index contributed by atoms with van der Waals surface area (Å²) in [6, 6.07) is 1.82. The third-order valence-electron chi connectivity index (χ3n) is 2.54. The molecule has 0 atom stereocenters. The van der Waals surface area contributed by atoms with Crippen LogP contribution in [0, 0.1) is 5.82 Å². The van der Waals surface area contributed by atoms with Crippen LogP contribution < -0.4 is 0 Å². The second-order valence-corrected chi connectivity index (χ2v) is 4.97. The summed E-state index contributed by atoms with van der Waals surface area (Å²) in [7, 11) is 0. The number of pyridine rings is 1. The first-order valence-corrected chi connectivity index (χ1v) is 5.74. The van der Waals surface area contributed by atoms with Crippen molar-refractivity contribution in [3.8, 4) is 0 Å². The molecule has 1 aromatic heterocycles. The van der Waals surface area contributed by atoms with Crippen LogP contribution in [-0.2, 0) is 0 Å². The predicted molar refractivity (Wildman–Crippen MR) is 58.0 cm³/mol. The highest BCUT2D eigenvalue weighted by Crippen LogP contribution is 2.42. The quantitative estimate of drug-likeness (QED) is 0.731. The number of rotatable bonds is 2. The van der Waals surface area contributed by atoms with Crippen LogP contribution in [0.1, 0.15) is 49.8 Å². The summed E-state index contributed by atoms with van der Waals surface area (Å²) >= 11 is 3.33. The van der Waals surface area contributed by atoms with Crippen molar-refractivity contribution in [3.63, 3.8) is 0 Å². The minimum Gasteiger partial charge on any atom is -0.243 e. The van der Waals surface area contributed by atoms with Gasteiger partial charge in [0.2, 0.25) is 0 Å². The zero-order valence-corrected chi connectivity index (χ0v) is 9.94. The minimum atomic E-state index is -0.0919. The van der Waals surface area contributed by atoms with Gasteiger partial charge in [-0.1, -0.05) is 13.8 Å². The Morgan fingerprint density at radius 1 is 1.50 bits per heavy atom. The molecule has 3 heteroatoms. The largest absolute Gasteiger partial charge is 0.243 e. The van der Waals surface area contributed by atoms with Gasteiger partial charge in [0.25, 0.3) is 0 Å². The molecule has 1 fully saturated rings. The van der Waals surface area contributed by atoms with Crippen molar-refractivity contribution in [2.24, 2.45) is 0 Å². The first kappa shape index (κ1) is 10.1. The van der Waals surface area contributed by atoms with Gasteiger partial charge in [-0.2, -0.15) is 0 Å². The maximum absolute atomic E-state index is 13.9. The topological polar surface area (TPSA) is 12.9 Å². The maximum Gasteiger partial charge on any atom is 0.148 e. The van der Waals surface area contributed by atoms with Crippen LogP contribution >= 0.6 is 15.9 Å². The van der Waals surface area contributed by atoms with Crippen molar-refractivity contribution in [1.29, 1.82) is 0 Å². The maximum atomic E-state index is 13.9. The van der Waals surface area contributed by atoms with E-state index in [4.69, 9.17) is 0 Å². The Hall–Kier alpha value is -0.440. The smallest absolute Gasteiger partial charge is 0.148 e. The van der Waals surface area contributed by atoms with Gasteiger partial charge in [-0.15, -0.1) is 0 Å². The number of hydrogen-bond acceptors (Lipinski definition) is 1. The van der Waals surface area contributed by atoms with Gasteiger partial charge in [-0.05, 0) is 52.2 Å². The third kappa shape index (κ3) is 1.83. The summed E-state index contributed by atoms with van der Waals surface area (Å²) in [6.07, 6.45) is 2.23. The van der Waals surface area contributed by atoms with Crippen molar-refractivity contribution in [3.05, 3.63) is 27.7 Å². The predicted octanol–water partition coefficient (Wildman–Crippen LogP) is 3.98. The molecule has 2 rings (SSSR count). The summed E-state index contributed by atoms with van der Waals surface area (Å²) in [6.45, 7) is 3.93. The fourth-order valence-electron chi connectivity index (χ4n) is 1.61. The molecule has 0 aliphatic heterocycles. The van der Waals surface area contributed by atoms with Crippen LogP contribution in [0.2, 0.25) is 0 Å². The summed E-state index contributed by atoms with van der Waals surface area (Å²) in [5.41, 5.74) is 1.43. The fraction of sp³-hybridized carbons (Fsp3) is 0.545. The number of aromatic nitrogens is 1. The first-order valence-electron chi connectivity index (χ1n) is 4.95. The van der Waals surface area contributed by atoms with E-state index >= 15 is 0 Å². The van der Waals surface area contributed by atoms with Crippen LogP contribution in [0.25, 0.3) is 0 Å². The summed E-state index contributed by atoms with van der Waals surface area (Å²) in [5, 5.41) is 0. The molecule has 1 nitrogen and oxygen atoms in total. The SMILES string of the molecule is CC(C)c1nc(Br)cc(C2CC2)c1F. The van der Waals surface area contributed by atoms with Gasteiger partial charge in [0.1, 0.15) is 10.4 Å². The molecule has 0 amide bonds. The monoisotopic (exact) mass is 257 g/mol. The van der Waals surface area contributed by atoms with E-state index < -0.39 is 0 Å². The van der Waals surface area contributed by atoms with Crippen molar-refractivity contribution in [2.45, 2.75) is 38.5 Å². The molecule has 0 radical (unpaired) electrons. The van der Waals surface area contributed by atoms with E-state index in [0.29, 0.717) is 11.6 Å². The van der Waals surface area contributed by atoms with Crippen LogP contribution in [-0.4, -0.2) is 4.98 Å². The van der Waals surface area contributed by atoms with Crippen LogP contribution in [0.3, 0.4) is 0 Å². The normalized spacial score (nSPS) is 16.4. The molecular weight excluding hydrogens is 245 g/mol. The Bertz CT molecular complexity index is 335. The molecular formula is C11H13BrFN. The zero-order chi connectivity index (χ0) is 10.3. The highest BCUT2D eigenvalue weighted by atomic mass is 79.9. The Kier molecular flexibility index (Phi) is 2.60. The molecule has 1 heterocycles. The van der Waals surface area contributed by atoms with Crippen LogP contribution in [0.15, 0.2) is 10.7 Å². The zero-order valence-electron chi connectivity index (χ0n) is 8.35. The average molecular weight is 258 g/mol. The second kappa shape index (κ2) is 3.61. The van der Waals surface area contributed by atoms with Gasteiger partial charge in [-0.3, -0.25) is 0 Å². The number of halogens is 2. The molecule has 0 spiro atoms. The fourth-order valence-corrected chi connectivity index (χ4v) is 2.05. The second-order valence-electron chi connectivity index (χ2n) is 4.16. The van der Waals surface area contributed by atoms with Gasteiger partial charge >= 0.3 is 0 Å². The Morgan fingerprint density at radius 3 is 2.64 bits per heavy atom. The van der Waals surface area contributed by atoms with E-state index in [1.165, 1.54) is 0 Å². The Morgan fingerprint density at radius 2 is 2.14 bits per heavy atom. The van der Waals surface area contributed by atoms with Crippen LogP contribution in [0.4, 0.5) is 4.39 Å². The molecule has 1 saturated carbocycles. The molecule has 14 heavy (non-hydrogen) atoms. The van der Waals surface area contributed by atoms with Crippen molar-refractivity contribution >= 4 is 15.9 Å². The Balaban J connectivity index is 2.49. The summed E-state index contributed by atoms with van der Waals surface area (Å²) in [5.74, 6) is 0.488. The lowest BCUT2D eigenvalue weighted by molar-refractivity contribution is 0.568. The average Bonchev–Trinajstić information content (AvgIpc) is 2.91. The molecule has 0 N–H and O–H groups in total. The van der Waals surface area contributed by atoms with E-state index in [2.05, 4.69) is 20.9 Å². The molecule has 1 aliphatic rings. The molecule has 0 aromatic carbocycles. The van der Waals surface area contributed by atoms with Gasteiger partial charge in [0, 0.05) is 0 Å². The highest BCUT2D eigenvalue weighted by Gasteiger charge is 2.29. The lowest BCUT2D eigenvalue weighted by atomic mass is 10.0. The van der Waals surface area contributed by atoms with Gasteiger partial charge in [-0.25, -0.2) is 9.37 Å². The lowest BCUT2D eigenvalue weighted by Crippen LogP contribution is -2.02. The van der Waals surface area contributed by atoms with E-state index in [1.54, 1.807) is 0 Å². The molecule has 0 bridgehead atoms. The van der Waals surface area contributed by atoms with Gasteiger partial charge in [0.15, 0.2) is 0 Å². The van der Waals surface area contributed by atoms with E-state index in [0.717, 1.165) is 23.0 Å². The molecule has 1 aliphatic carbocycles. The third-order valence-corrected chi connectivity index (χ3v) is 2.95.